The number of thiophene rings is 1. The lowest BCUT2D eigenvalue weighted by Gasteiger charge is -2.04. The standard InChI is InChI=1S/C17H12Cl2N2O3S2/c18-10-3-4-12(13(19)6-10)14-9-26-17(20-14)21-15(22)8-24-16(23)7-11-2-1-5-25-11/h1-6,9H,7-8H2,(H,20,21,22). The number of nitrogens with one attached hydrogen (secondary N) is 1. The Bertz CT molecular complexity index is 926. The van der Waals surface area contributed by atoms with Gasteiger partial charge in [0.25, 0.3) is 5.91 Å². The zero-order valence-corrected chi connectivity index (χ0v) is 16.3. The van der Waals surface area contributed by atoms with E-state index in [0.717, 1.165) is 10.4 Å². The maximum Gasteiger partial charge on any atom is 0.311 e. The molecule has 3 aromatic rings. The summed E-state index contributed by atoms with van der Waals surface area (Å²) in [6.07, 6.45) is 0.154. The molecule has 0 radical (unpaired) electrons. The summed E-state index contributed by atoms with van der Waals surface area (Å²) in [5.41, 5.74) is 1.34. The number of aromatic nitrogens is 1. The summed E-state index contributed by atoms with van der Waals surface area (Å²) >= 11 is 14.8. The minimum atomic E-state index is -0.451. The van der Waals surface area contributed by atoms with Gasteiger partial charge in [0.1, 0.15) is 0 Å². The van der Waals surface area contributed by atoms with Crippen molar-refractivity contribution in [3.63, 3.8) is 0 Å². The van der Waals surface area contributed by atoms with Crippen molar-refractivity contribution in [2.45, 2.75) is 6.42 Å². The van der Waals surface area contributed by atoms with Crippen LogP contribution < -0.4 is 5.32 Å². The highest BCUT2D eigenvalue weighted by Gasteiger charge is 2.13. The first-order valence-corrected chi connectivity index (χ1v) is 9.91. The maximum atomic E-state index is 11.9. The molecule has 0 aliphatic rings. The summed E-state index contributed by atoms with van der Waals surface area (Å²) < 4.78 is 4.97. The molecular weight excluding hydrogens is 415 g/mol. The van der Waals surface area contributed by atoms with Crippen molar-refractivity contribution in [1.29, 1.82) is 0 Å². The van der Waals surface area contributed by atoms with Gasteiger partial charge in [-0.3, -0.25) is 14.9 Å². The summed E-state index contributed by atoms with van der Waals surface area (Å²) in [6.45, 7) is -0.360. The third kappa shape index (κ3) is 5.04. The molecule has 0 saturated heterocycles. The molecule has 1 amide bonds. The molecule has 1 aromatic carbocycles. The van der Waals surface area contributed by atoms with E-state index in [2.05, 4.69) is 10.3 Å². The molecule has 1 N–H and O–H groups in total. The number of benzene rings is 1. The third-order valence-electron chi connectivity index (χ3n) is 3.22. The number of nitrogens with zero attached hydrogens (tertiary/aromatic N) is 1. The summed E-state index contributed by atoms with van der Waals surface area (Å²) in [5.74, 6) is -0.900. The van der Waals surface area contributed by atoms with Crippen LogP contribution in [0.4, 0.5) is 5.13 Å². The molecule has 2 aromatic heterocycles. The van der Waals surface area contributed by atoms with Gasteiger partial charge in [0.2, 0.25) is 0 Å². The van der Waals surface area contributed by atoms with Crippen molar-refractivity contribution in [3.05, 3.63) is 56.0 Å². The van der Waals surface area contributed by atoms with Crippen molar-refractivity contribution in [2.24, 2.45) is 0 Å². The van der Waals surface area contributed by atoms with Gasteiger partial charge in [0.05, 0.1) is 17.1 Å². The lowest BCUT2D eigenvalue weighted by atomic mass is 10.2. The lowest BCUT2D eigenvalue weighted by Crippen LogP contribution is -2.21. The topological polar surface area (TPSA) is 68.3 Å². The van der Waals surface area contributed by atoms with Crippen LogP contribution in [0.5, 0.6) is 0 Å². The minimum absolute atomic E-state index is 0.154. The summed E-state index contributed by atoms with van der Waals surface area (Å²) in [4.78, 5) is 28.8. The van der Waals surface area contributed by atoms with Gasteiger partial charge >= 0.3 is 5.97 Å². The van der Waals surface area contributed by atoms with E-state index in [4.69, 9.17) is 27.9 Å². The largest absolute Gasteiger partial charge is 0.455 e. The molecule has 0 fully saturated rings. The Hall–Kier alpha value is -1.93. The normalized spacial score (nSPS) is 10.5. The van der Waals surface area contributed by atoms with E-state index in [1.165, 1.54) is 22.7 Å². The molecule has 5 nitrogen and oxygen atoms in total. The Morgan fingerprint density at radius 1 is 1.19 bits per heavy atom. The molecule has 0 saturated carbocycles. The van der Waals surface area contributed by atoms with Crippen LogP contribution in [-0.2, 0) is 20.7 Å². The van der Waals surface area contributed by atoms with E-state index in [0.29, 0.717) is 20.9 Å². The highest BCUT2D eigenvalue weighted by molar-refractivity contribution is 7.14. The zero-order valence-electron chi connectivity index (χ0n) is 13.2. The van der Waals surface area contributed by atoms with Gasteiger partial charge in [-0.2, -0.15) is 0 Å². The number of amides is 1. The van der Waals surface area contributed by atoms with Crippen LogP contribution in [0, 0.1) is 0 Å². The van der Waals surface area contributed by atoms with E-state index in [1.54, 1.807) is 23.6 Å². The van der Waals surface area contributed by atoms with E-state index in [1.807, 2.05) is 17.5 Å². The van der Waals surface area contributed by atoms with E-state index < -0.39 is 11.9 Å². The molecule has 2 heterocycles. The summed E-state index contributed by atoms with van der Waals surface area (Å²) in [7, 11) is 0. The number of hydrogen-bond donors (Lipinski definition) is 1. The van der Waals surface area contributed by atoms with Crippen LogP contribution in [-0.4, -0.2) is 23.5 Å². The van der Waals surface area contributed by atoms with Gasteiger partial charge in [-0.15, -0.1) is 22.7 Å². The number of ether oxygens (including phenoxy) is 1. The molecular formula is C17H12Cl2N2O3S2. The van der Waals surface area contributed by atoms with Crippen LogP contribution in [0.1, 0.15) is 4.88 Å². The highest BCUT2D eigenvalue weighted by atomic mass is 35.5. The first-order valence-electron chi connectivity index (χ1n) is 7.40. The van der Waals surface area contributed by atoms with Crippen molar-refractivity contribution in [3.8, 4) is 11.3 Å². The van der Waals surface area contributed by atoms with Crippen LogP contribution >= 0.6 is 45.9 Å². The third-order valence-corrected chi connectivity index (χ3v) is 5.40. The number of thiazole rings is 1. The number of rotatable bonds is 6. The van der Waals surface area contributed by atoms with Gasteiger partial charge in [0.15, 0.2) is 11.7 Å². The molecule has 0 aliphatic heterocycles. The second-order valence-electron chi connectivity index (χ2n) is 5.13. The van der Waals surface area contributed by atoms with Crippen molar-refractivity contribution < 1.29 is 14.3 Å². The fourth-order valence-electron chi connectivity index (χ4n) is 2.06. The second kappa shape index (κ2) is 8.64. The maximum absolute atomic E-state index is 11.9. The fraction of sp³-hybridized carbons (Fsp3) is 0.118. The molecule has 0 atom stereocenters. The van der Waals surface area contributed by atoms with Crippen LogP contribution in [0.15, 0.2) is 41.1 Å². The molecule has 0 unspecified atom stereocenters. The number of hydrogen-bond acceptors (Lipinski definition) is 6. The van der Waals surface area contributed by atoms with E-state index in [9.17, 15) is 9.59 Å². The van der Waals surface area contributed by atoms with E-state index in [-0.39, 0.29) is 13.0 Å². The van der Waals surface area contributed by atoms with Gasteiger partial charge in [-0.05, 0) is 29.6 Å². The number of esters is 1. The Kier molecular flexibility index (Phi) is 6.26. The Labute approximate surface area is 167 Å². The Balaban J connectivity index is 1.53. The van der Waals surface area contributed by atoms with Crippen molar-refractivity contribution in [1.82, 2.24) is 4.98 Å². The quantitative estimate of drug-likeness (QED) is 0.568. The predicted octanol–water partition coefficient (Wildman–Crippen LogP) is 4.90. The van der Waals surface area contributed by atoms with Crippen LogP contribution in [0.3, 0.4) is 0 Å². The lowest BCUT2D eigenvalue weighted by molar-refractivity contribution is -0.146. The monoisotopic (exact) mass is 426 g/mol. The molecule has 9 heteroatoms. The molecule has 26 heavy (non-hydrogen) atoms. The highest BCUT2D eigenvalue weighted by Crippen LogP contribution is 2.32. The summed E-state index contributed by atoms with van der Waals surface area (Å²) in [5, 5.41) is 7.65. The van der Waals surface area contributed by atoms with Crippen molar-refractivity contribution in [2.75, 3.05) is 11.9 Å². The van der Waals surface area contributed by atoms with E-state index >= 15 is 0 Å². The zero-order chi connectivity index (χ0) is 18.5. The van der Waals surface area contributed by atoms with Gasteiger partial charge < -0.3 is 4.74 Å². The number of halogens is 2. The van der Waals surface area contributed by atoms with Crippen LogP contribution in [0.2, 0.25) is 10.0 Å². The number of carbonyl (C=O) groups excluding carboxylic acids is 2. The number of carbonyl (C=O) groups is 2. The summed E-state index contributed by atoms with van der Waals surface area (Å²) in [6, 6.07) is 8.80. The second-order valence-corrected chi connectivity index (χ2v) is 7.86. The Morgan fingerprint density at radius 3 is 2.77 bits per heavy atom. The average molecular weight is 427 g/mol. The first kappa shape index (κ1) is 18.8. The Morgan fingerprint density at radius 2 is 2.04 bits per heavy atom. The van der Waals surface area contributed by atoms with Gasteiger partial charge in [0, 0.05) is 20.8 Å². The van der Waals surface area contributed by atoms with Gasteiger partial charge in [-0.1, -0.05) is 29.3 Å². The van der Waals surface area contributed by atoms with Crippen LogP contribution in [0.25, 0.3) is 11.3 Å². The smallest absolute Gasteiger partial charge is 0.311 e. The molecule has 134 valence electrons. The first-order chi connectivity index (χ1) is 12.5. The minimum Gasteiger partial charge on any atom is -0.455 e. The predicted molar refractivity (Wildman–Crippen MR) is 105 cm³/mol. The molecule has 0 bridgehead atoms. The molecule has 3 rings (SSSR count). The fourth-order valence-corrected chi connectivity index (χ4v) is 3.98. The number of anilines is 1. The van der Waals surface area contributed by atoms with Crippen molar-refractivity contribution >= 4 is 62.9 Å². The SMILES string of the molecule is O=C(COC(=O)Cc1cccs1)Nc1nc(-c2ccc(Cl)cc2Cl)cs1. The molecule has 0 aliphatic carbocycles. The van der Waals surface area contributed by atoms with Gasteiger partial charge in [-0.25, -0.2) is 4.98 Å². The molecule has 0 spiro atoms. The average Bonchev–Trinajstić information content (AvgIpc) is 3.25.